The van der Waals surface area contributed by atoms with Crippen LogP contribution in [0.5, 0.6) is 0 Å². The van der Waals surface area contributed by atoms with Crippen LogP contribution in [0.4, 0.5) is 0 Å². The first-order chi connectivity index (χ1) is 10.1. The molecular weight excluding hydrogens is 332 g/mol. The van der Waals surface area contributed by atoms with Crippen LogP contribution >= 0.6 is 15.9 Å². The standard InChI is InChI=1S/C16H13BrN2O2/c1-19(10-11-4-3-7-18-9-11)16(20)14-8-12-5-2-6-13(17)15(12)21-14/h2-9H,10H2,1H3. The summed E-state index contributed by atoms with van der Waals surface area (Å²) in [6.07, 6.45) is 3.46. The Labute approximate surface area is 130 Å². The van der Waals surface area contributed by atoms with Gasteiger partial charge >= 0.3 is 0 Å². The molecule has 0 radical (unpaired) electrons. The van der Waals surface area contributed by atoms with Gasteiger partial charge in [0.05, 0.1) is 4.47 Å². The number of halogens is 1. The zero-order valence-electron chi connectivity index (χ0n) is 11.4. The Bertz CT molecular complexity index is 783. The molecule has 0 spiro atoms. The first kappa shape index (κ1) is 13.8. The Morgan fingerprint density at radius 3 is 2.90 bits per heavy atom. The highest BCUT2D eigenvalue weighted by molar-refractivity contribution is 9.10. The number of nitrogens with zero attached hydrogens (tertiary/aromatic N) is 2. The van der Waals surface area contributed by atoms with E-state index in [-0.39, 0.29) is 5.91 Å². The maximum Gasteiger partial charge on any atom is 0.289 e. The molecule has 0 saturated carbocycles. The fraction of sp³-hybridized carbons (Fsp3) is 0.125. The Hall–Kier alpha value is -2.14. The van der Waals surface area contributed by atoms with Crippen LogP contribution in [0.2, 0.25) is 0 Å². The van der Waals surface area contributed by atoms with Crippen LogP contribution in [0.25, 0.3) is 11.0 Å². The third-order valence-electron chi connectivity index (χ3n) is 3.20. The number of aromatic nitrogens is 1. The van der Waals surface area contributed by atoms with Gasteiger partial charge in [-0.1, -0.05) is 18.2 Å². The summed E-state index contributed by atoms with van der Waals surface area (Å²) in [4.78, 5) is 18.1. The van der Waals surface area contributed by atoms with E-state index in [1.165, 1.54) is 0 Å². The Morgan fingerprint density at radius 1 is 1.33 bits per heavy atom. The van der Waals surface area contributed by atoms with Crippen LogP contribution in [-0.4, -0.2) is 22.8 Å². The van der Waals surface area contributed by atoms with Gasteiger partial charge in [0.1, 0.15) is 5.58 Å². The van der Waals surface area contributed by atoms with E-state index in [0.29, 0.717) is 17.9 Å². The van der Waals surface area contributed by atoms with Crippen molar-refractivity contribution >= 4 is 32.8 Å². The SMILES string of the molecule is CN(Cc1cccnc1)C(=O)c1cc2cccc(Br)c2o1. The molecule has 0 atom stereocenters. The van der Waals surface area contributed by atoms with Crippen molar-refractivity contribution in [2.24, 2.45) is 0 Å². The summed E-state index contributed by atoms with van der Waals surface area (Å²) in [5, 5.41) is 0.905. The monoisotopic (exact) mass is 344 g/mol. The van der Waals surface area contributed by atoms with E-state index < -0.39 is 0 Å². The predicted octanol–water partition coefficient (Wildman–Crippen LogP) is 3.86. The molecule has 21 heavy (non-hydrogen) atoms. The summed E-state index contributed by atoms with van der Waals surface area (Å²) < 4.78 is 6.51. The van der Waals surface area contributed by atoms with Gasteiger partial charge in [0, 0.05) is 31.4 Å². The highest BCUT2D eigenvalue weighted by Crippen LogP contribution is 2.27. The molecule has 0 unspecified atom stereocenters. The quantitative estimate of drug-likeness (QED) is 0.724. The minimum absolute atomic E-state index is 0.151. The van der Waals surface area contributed by atoms with Gasteiger partial charge in [-0.3, -0.25) is 9.78 Å². The van der Waals surface area contributed by atoms with E-state index in [9.17, 15) is 4.79 Å². The van der Waals surface area contributed by atoms with Gasteiger partial charge < -0.3 is 9.32 Å². The van der Waals surface area contributed by atoms with Crippen molar-refractivity contribution < 1.29 is 9.21 Å². The maximum absolute atomic E-state index is 12.4. The first-order valence-electron chi connectivity index (χ1n) is 6.47. The van der Waals surface area contributed by atoms with Gasteiger partial charge in [0.2, 0.25) is 0 Å². The summed E-state index contributed by atoms with van der Waals surface area (Å²) >= 11 is 3.42. The number of fused-ring (bicyclic) bond motifs is 1. The van der Waals surface area contributed by atoms with Crippen molar-refractivity contribution in [2.75, 3.05) is 7.05 Å². The van der Waals surface area contributed by atoms with E-state index in [4.69, 9.17) is 4.42 Å². The fourth-order valence-electron chi connectivity index (χ4n) is 2.16. The number of amides is 1. The van der Waals surface area contributed by atoms with Crippen molar-refractivity contribution in [1.29, 1.82) is 0 Å². The number of pyridine rings is 1. The van der Waals surface area contributed by atoms with Crippen LogP contribution in [0, 0.1) is 0 Å². The zero-order valence-corrected chi connectivity index (χ0v) is 13.0. The average Bonchev–Trinajstić information content (AvgIpc) is 2.93. The van der Waals surface area contributed by atoms with Gasteiger partial charge in [-0.15, -0.1) is 0 Å². The summed E-state index contributed by atoms with van der Waals surface area (Å²) in [6.45, 7) is 0.491. The third-order valence-corrected chi connectivity index (χ3v) is 3.82. The van der Waals surface area contributed by atoms with Crippen LogP contribution in [0.15, 0.2) is 57.7 Å². The molecular formula is C16H13BrN2O2. The van der Waals surface area contributed by atoms with Crippen LogP contribution < -0.4 is 0 Å². The number of carbonyl (C=O) groups excluding carboxylic acids is 1. The van der Waals surface area contributed by atoms with Gasteiger partial charge in [-0.05, 0) is 39.7 Å². The fourth-order valence-corrected chi connectivity index (χ4v) is 2.62. The van der Waals surface area contributed by atoms with Gasteiger partial charge in [-0.2, -0.15) is 0 Å². The van der Waals surface area contributed by atoms with Gasteiger partial charge in [0.25, 0.3) is 5.91 Å². The van der Waals surface area contributed by atoms with E-state index >= 15 is 0 Å². The minimum atomic E-state index is -0.151. The minimum Gasteiger partial charge on any atom is -0.450 e. The molecule has 3 rings (SSSR count). The Morgan fingerprint density at radius 2 is 2.19 bits per heavy atom. The highest BCUT2D eigenvalue weighted by atomic mass is 79.9. The topological polar surface area (TPSA) is 46.3 Å². The Kier molecular flexibility index (Phi) is 3.75. The molecule has 0 fully saturated rings. The number of hydrogen-bond donors (Lipinski definition) is 0. The van der Waals surface area contributed by atoms with Crippen molar-refractivity contribution in [3.8, 4) is 0 Å². The molecule has 0 aliphatic rings. The first-order valence-corrected chi connectivity index (χ1v) is 7.27. The normalized spacial score (nSPS) is 10.8. The number of hydrogen-bond acceptors (Lipinski definition) is 3. The lowest BCUT2D eigenvalue weighted by Gasteiger charge is -2.15. The van der Waals surface area contributed by atoms with Gasteiger partial charge in [-0.25, -0.2) is 0 Å². The summed E-state index contributed by atoms with van der Waals surface area (Å²) in [5.41, 5.74) is 1.67. The molecule has 0 bridgehead atoms. The smallest absolute Gasteiger partial charge is 0.289 e. The largest absolute Gasteiger partial charge is 0.450 e. The molecule has 1 amide bonds. The second-order valence-electron chi connectivity index (χ2n) is 4.79. The molecule has 4 nitrogen and oxygen atoms in total. The van der Waals surface area contributed by atoms with Crippen molar-refractivity contribution in [1.82, 2.24) is 9.88 Å². The molecule has 5 heteroatoms. The van der Waals surface area contributed by atoms with Crippen LogP contribution in [0.1, 0.15) is 16.1 Å². The van der Waals surface area contributed by atoms with Crippen LogP contribution in [-0.2, 0) is 6.54 Å². The number of carbonyl (C=O) groups is 1. The Balaban J connectivity index is 1.84. The molecule has 106 valence electrons. The van der Waals surface area contributed by atoms with Crippen molar-refractivity contribution in [3.05, 3.63) is 64.6 Å². The molecule has 2 heterocycles. The van der Waals surface area contributed by atoms with E-state index in [0.717, 1.165) is 15.4 Å². The molecule has 0 N–H and O–H groups in total. The lowest BCUT2D eigenvalue weighted by atomic mass is 10.2. The summed E-state index contributed by atoms with van der Waals surface area (Å²) in [5.74, 6) is 0.185. The van der Waals surface area contributed by atoms with Crippen LogP contribution in [0.3, 0.4) is 0 Å². The summed E-state index contributed by atoms with van der Waals surface area (Å²) in [6, 6.07) is 11.3. The van der Waals surface area contributed by atoms with Crippen molar-refractivity contribution in [3.63, 3.8) is 0 Å². The lowest BCUT2D eigenvalue weighted by molar-refractivity contribution is 0.0755. The molecule has 0 aliphatic heterocycles. The number of furan rings is 1. The second kappa shape index (κ2) is 5.69. The average molecular weight is 345 g/mol. The van der Waals surface area contributed by atoms with Crippen molar-refractivity contribution in [2.45, 2.75) is 6.54 Å². The zero-order chi connectivity index (χ0) is 14.8. The molecule has 2 aromatic heterocycles. The third kappa shape index (κ3) is 2.83. The number of benzene rings is 1. The maximum atomic E-state index is 12.4. The highest BCUT2D eigenvalue weighted by Gasteiger charge is 2.17. The van der Waals surface area contributed by atoms with E-state index in [2.05, 4.69) is 20.9 Å². The number of para-hydroxylation sites is 1. The van der Waals surface area contributed by atoms with E-state index in [1.54, 1.807) is 30.4 Å². The second-order valence-corrected chi connectivity index (χ2v) is 5.65. The van der Waals surface area contributed by atoms with Gasteiger partial charge in [0.15, 0.2) is 5.76 Å². The van der Waals surface area contributed by atoms with E-state index in [1.807, 2.05) is 30.3 Å². The number of rotatable bonds is 3. The molecule has 3 aromatic rings. The lowest BCUT2D eigenvalue weighted by Crippen LogP contribution is -2.25. The summed E-state index contributed by atoms with van der Waals surface area (Å²) in [7, 11) is 1.75. The molecule has 0 saturated heterocycles. The molecule has 1 aromatic carbocycles. The molecule has 0 aliphatic carbocycles. The predicted molar refractivity (Wildman–Crippen MR) is 83.9 cm³/mol.